The molecule has 0 aliphatic heterocycles. The van der Waals surface area contributed by atoms with Gasteiger partial charge in [0.15, 0.2) is 0 Å². The average molecular weight is 412 g/mol. The summed E-state index contributed by atoms with van der Waals surface area (Å²) in [6.07, 6.45) is 3.13. The van der Waals surface area contributed by atoms with Crippen LogP contribution in [-0.4, -0.2) is 16.7 Å². The van der Waals surface area contributed by atoms with Gasteiger partial charge >= 0.3 is 0 Å². The van der Waals surface area contributed by atoms with Gasteiger partial charge in [-0.25, -0.2) is 5.43 Å². The Morgan fingerprint density at radius 3 is 2.65 bits per heavy atom. The summed E-state index contributed by atoms with van der Waals surface area (Å²) in [5, 5.41) is 5.35. The summed E-state index contributed by atoms with van der Waals surface area (Å²) in [6.45, 7) is 5.24. The van der Waals surface area contributed by atoms with E-state index in [1.807, 2.05) is 30.3 Å². The maximum Gasteiger partial charge on any atom is 0.244 e. The minimum atomic E-state index is -0.126. The molecule has 26 heavy (non-hydrogen) atoms. The molecule has 0 aliphatic carbocycles. The molecule has 0 saturated heterocycles. The van der Waals surface area contributed by atoms with E-state index in [-0.39, 0.29) is 5.91 Å². The molecule has 3 aromatic rings. The molecule has 1 amide bonds. The van der Waals surface area contributed by atoms with Gasteiger partial charge in [-0.3, -0.25) is 4.79 Å². The normalized spacial score (nSPS) is 11.3. The number of halogens is 1. The second-order valence-corrected chi connectivity index (χ2v) is 7.18. The van der Waals surface area contributed by atoms with Crippen LogP contribution in [0.3, 0.4) is 0 Å². The van der Waals surface area contributed by atoms with Crippen LogP contribution in [0.1, 0.15) is 30.2 Å². The zero-order valence-corrected chi connectivity index (χ0v) is 16.6. The molecule has 0 spiro atoms. The Hall–Kier alpha value is -2.40. The summed E-state index contributed by atoms with van der Waals surface area (Å²) < 4.78 is 3.30. The Labute approximate surface area is 162 Å². The van der Waals surface area contributed by atoms with E-state index < -0.39 is 0 Å². The van der Waals surface area contributed by atoms with Gasteiger partial charge in [-0.15, -0.1) is 0 Å². The van der Waals surface area contributed by atoms with E-state index in [0.717, 1.165) is 34.0 Å². The van der Waals surface area contributed by atoms with Gasteiger partial charge in [-0.1, -0.05) is 53.2 Å². The molecule has 5 heteroatoms. The second-order valence-electron chi connectivity index (χ2n) is 6.26. The molecule has 0 bridgehead atoms. The molecule has 0 aliphatic rings. The monoisotopic (exact) mass is 411 g/mol. The third-order valence-electron chi connectivity index (χ3n) is 4.39. The summed E-state index contributed by atoms with van der Waals surface area (Å²) in [7, 11) is 0. The first-order valence-electron chi connectivity index (χ1n) is 8.74. The lowest BCUT2D eigenvalue weighted by atomic mass is 10.1. The molecule has 0 fully saturated rings. The number of hydrogen-bond donors (Lipinski definition) is 1. The first kappa shape index (κ1) is 18.4. The number of rotatable bonds is 6. The fourth-order valence-electron chi connectivity index (χ4n) is 3.13. The van der Waals surface area contributed by atoms with E-state index in [2.05, 4.69) is 63.1 Å². The summed E-state index contributed by atoms with van der Waals surface area (Å²) in [4.78, 5) is 12.1. The number of amides is 1. The fraction of sp³-hybridized carbons (Fsp3) is 0.238. The SMILES string of the molecule is CCCn1c(C)c(/C=N/NC(=O)Cc2ccc(Br)cc2)c2ccccc21. The number of carbonyl (C=O) groups excluding carboxylic acids is 1. The zero-order chi connectivity index (χ0) is 18.5. The number of aromatic nitrogens is 1. The summed E-state index contributed by atoms with van der Waals surface area (Å²) in [5.41, 5.74) is 7.01. The van der Waals surface area contributed by atoms with Crippen LogP contribution in [0.15, 0.2) is 58.1 Å². The molecule has 1 heterocycles. The third-order valence-corrected chi connectivity index (χ3v) is 4.92. The highest BCUT2D eigenvalue weighted by Gasteiger charge is 2.11. The van der Waals surface area contributed by atoms with Crippen molar-refractivity contribution in [1.29, 1.82) is 0 Å². The average Bonchev–Trinajstić information content (AvgIpc) is 2.90. The smallest absolute Gasteiger partial charge is 0.244 e. The maximum atomic E-state index is 12.1. The number of nitrogens with one attached hydrogen (secondary N) is 1. The van der Waals surface area contributed by atoms with E-state index in [9.17, 15) is 4.79 Å². The van der Waals surface area contributed by atoms with Crippen LogP contribution >= 0.6 is 15.9 Å². The van der Waals surface area contributed by atoms with Gasteiger partial charge in [0.1, 0.15) is 0 Å². The molecule has 4 nitrogen and oxygen atoms in total. The van der Waals surface area contributed by atoms with Crippen molar-refractivity contribution in [3.8, 4) is 0 Å². The van der Waals surface area contributed by atoms with Crippen molar-refractivity contribution in [2.24, 2.45) is 5.10 Å². The molecule has 0 saturated carbocycles. The summed E-state index contributed by atoms with van der Waals surface area (Å²) >= 11 is 3.39. The van der Waals surface area contributed by atoms with E-state index in [4.69, 9.17) is 0 Å². The number of fused-ring (bicyclic) bond motifs is 1. The Bertz CT molecular complexity index is 942. The van der Waals surface area contributed by atoms with Crippen LogP contribution in [0.2, 0.25) is 0 Å². The minimum Gasteiger partial charge on any atom is -0.344 e. The molecule has 3 rings (SSSR count). The van der Waals surface area contributed by atoms with Crippen molar-refractivity contribution in [2.45, 2.75) is 33.2 Å². The molecule has 2 aromatic carbocycles. The zero-order valence-electron chi connectivity index (χ0n) is 15.0. The predicted molar refractivity (Wildman–Crippen MR) is 111 cm³/mol. The highest BCUT2D eigenvalue weighted by Crippen LogP contribution is 2.24. The van der Waals surface area contributed by atoms with Crippen molar-refractivity contribution in [3.05, 3.63) is 69.8 Å². The number of carbonyl (C=O) groups is 1. The number of benzene rings is 2. The van der Waals surface area contributed by atoms with Crippen LogP contribution in [0, 0.1) is 6.92 Å². The molecule has 0 radical (unpaired) electrons. The lowest BCUT2D eigenvalue weighted by Crippen LogP contribution is -2.19. The maximum absolute atomic E-state index is 12.1. The largest absolute Gasteiger partial charge is 0.344 e. The van der Waals surface area contributed by atoms with Gasteiger partial charge < -0.3 is 4.57 Å². The number of hydrogen-bond acceptors (Lipinski definition) is 2. The van der Waals surface area contributed by atoms with E-state index in [0.29, 0.717) is 6.42 Å². The van der Waals surface area contributed by atoms with Gasteiger partial charge in [-0.05, 0) is 37.1 Å². The van der Waals surface area contributed by atoms with Crippen molar-refractivity contribution in [2.75, 3.05) is 0 Å². The molecule has 0 unspecified atom stereocenters. The van der Waals surface area contributed by atoms with Crippen molar-refractivity contribution in [3.63, 3.8) is 0 Å². The number of para-hydroxylation sites is 1. The lowest BCUT2D eigenvalue weighted by molar-refractivity contribution is -0.120. The van der Waals surface area contributed by atoms with Crippen LogP contribution in [-0.2, 0) is 17.8 Å². The van der Waals surface area contributed by atoms with Crippen LogP contribution in [0.25, 0.3) is 10.9 Å². The van der Waals surface area contributed by atoms with Gasteiger partial charge in [0.25, 0.3) is 0 Å². The Morgan fingerprint density at radius 2 is 1.92 bits per heavy atom. The van der Waals surface area contributed by atoms with Crippen LogP contribution in [0.5, 0.6) is 0 Å². The van der Waals surface area contributed by atoms with Gasteiger partial charge in [0.2, 0.25) is 5.91 Å². The third kappa shape index (κ3) is 4.05. The highest BCUT2D eigenvalue weighted by molar-refractivity contribution is 9.10. The van der Waals surface area contributed by atoms with E-state index >= 15 is 0 Å². The molecular weight excluding hydrogens is 390 g/mol. The van der Waals surface area contributed by atoms with E-state index in [1.165, 1.54) is 11.2 Å². The molecular formula is C21H22BrN3O. The molecule has 134 valence electrons. The molecule has 1 N–H and O–H groups in total. The van der Waals surface area contributed by atoms with E-state index in [1.54, 1.807) is 6.21 Å². The lowest BCUT2D eigenvalue weighted by Gasteiger charge is -2.05. The topological polar surface area (TPSA) is 46.4 Å². The van der Waals surface area contributed by atoms with Crippen molar-refractivity contribution < 1.29 is 4.79 Å². The van der Waals surface area contributed by atoms with Crippen molar-refractivity contribution >= 4 is 39.0 Å². The Balaban J connectivity index is 1.75. The Morgan fingerprint density at radius 1 is 1.19 bits per heavy atom. The first-order chi connectivity index (χ1) is 12.6. The van der Waals surface area contributed by atoms with Crippen LogP contribution in [0.4, 0.5) is 0 Å². The predicted octanol–water partition coefficient (Wildman–Crippen LogP) is 4.82. The fourth-order valence-corrected chi connectivity index (χ4v) is 3.39. The van der Waals surface area contributed by atoms with Gasteiger partial charge in [-0.2, -0.15) is 5.10 Å². The van der Waals surface area contributed by atoms with Gasteiger partial charge in [0.05, 0.1) is 12.6 Å². The van der Waals surface area contributed by atoms with Crippen LogP contribution < -0.4 is 5.43 Å². The minimum absolute atomic E-state index is 0.126. The number of nitrogens with zero attached hydrogens (tertiary/aromatic N) is 2. The quantitative estimate of drug-likeness (QED) is 0.458. The number of aryl methyl sites for hydroxylation is 1. The second kappa shape index (κ2) is 8.32. The standard InChI is InChI=1S/C21H22BrN3O/c1-3-12-25-15(2)19(18-6-4-5-7-20(18)25)14-23-24-21(26)13-16-8-10-17(22)11-9-16/h4-11,14H,3,12-13H2,1-2H3,(H,24,26)/b23-14+. The highest BCUT2D eigenvalue weighted by atomic mass is 79.9. The summed E-state index contributed by atoms with van der Waals surface area (Å²) in [6, 6.07) is 16.0. The first-order valence-corrected chi connectivity index (χ1v) is 9.53. The molecule has 0 atom stereocenters. The van der Waals surface area contributed by atoms with Crippen molar-refractivity contribution in [1.82, 2.24) is 9.99 Å². The molecule has 1 aromatic heterocycles. The summed E-state index contributed by atoms with van der Waals surface area (Å²) in [5.74, 6) is -0.126. The Kier molecular flexibility index (Phi) is 5.89. The number of hydrazone groups is 1. The van der Waals surface area contributed by atoms with Gasteiger partial charge in [0, 0.05) is 33.2 Å².